The number of halogens is 1. The molecule has 1 aromatic rings. The fraction of sp³-hybridized carbons (Fsp3) is 0.619. The number of carbonyl (C=O) groups is 1. The van der Waals surface area contributed by atoms with E-state index >= 15 is 0 Å². The van der Waals surface area contributed by atoms with Gasteiger partial charge in [-0.05, 0) is 51.2 Å². The van der Waals surface area contributed by atoms with Gasteiger partial charge in [0.05, 0.1) is 13.7 Å². The maximum absolute atomic E-state index is 12.4. The summed E-state index contributed by atoms with van der Waals surface area (Å²) in [7, 11) is 1.69. The smallest absolute Gasteiger partial charge is 0.224 e. The van der Waals surface area contributed by atoms with Crippen LogP contribution in [-0.4, -0.2) is 56.1 Å². The van der Waals surface area contributed by atoms with Gasteiger partial charge in [-0.2, -0.15) is 0 Å². The molecule has 0 spiro atoms. The molecule has 1 aromatic carbocycles. The number of guanidine groups is 1. The molecule has 0 aromatic heterocycles. The number of aliphatic imine (C=N–C) groups is 1. The lowest BCUT2D eigenvalue weighted by molar-refractivity contribution is -0.134. The van der Waals surface area contributed by atoms with Crippen molar-refractivity contribution in [2.45, 2.75) is 52.0 Å². The fourth-order valence-electron chi connectivity index (χ4n) is 3.44. The summed E-state index contributed by atoms with van der Waals surface area (Å²) in [6.07, 6.45) is 4.77. The first-order valence-electron chi connectivity index (χ1n) is 10.1. The third-order valence-electron chi connectivity index (χ3n) is 4.94. The molecule has 1 saturated heterocycles. The molecule has 0 saturated carbocycles. The Bertz CT molecular complexity index is 624. The van der Waals surface area contributed by atoms with Gasteiger partial charge in [0.25, 0.3) is 0 Å². The summed E-state index contributed by atoms with van der Waals surface area (Å²) >= 11 is 0. The van der Waals surface area contributed by atoms with Crippen LogP contribution in [0.4, 0.5) is 0 Å². The van der Waals surface area contributed by atoms with Gasteiger partial charge >= 0.3 is 0 Å². The topological polar surface area (TPSA) is 66.0 Å². The Morgan fingerprint density at radius 3 is 2.79 bits per heavy atom. The van der Waals surface area contributed by atoms with Crippen LogP contribution in [0.25, 0.3) is 0 Å². The van der Waals surface area contributed by atoms with Gasteiger partial charge < -0.3 is 20.3 Å². The molecule has 0 bridgehead atoms. The van der Waals surface area contributed by atoms with Crippen LogP contribution in [0.1, 0.15) is 45.1 Å². The molecule has 1 atom stereocenters. The molecule has 1 aliphatic heterocycles. The number of rotatable bonds is 8. The summed E-state index contributed by atoms with van der Waals surface area (Å²) < 4.78 is 5.39. The number of methoxy groups -OCH3 is 1. The van der Waals surface area contributed by atoms with E-state index in [1.165, 1.54) is 6.42 Å². The maximum atomic E-state index is 12.4. The van der Waals surface area contributed by atoms with E-state index in [-0.39, 0.29) is 29.9 Å². The van der Waals surface area contributed by atoms with Crippen molar-refractivity contribution in [1.82, 2.24) is 15.5 Å². The van der Waals surface area contributed by atoms with Crippen molar-refractivity contribution >= 4 is 35.8 Å². The highest BCUT2D eigenvalue weighted by Crippen LogP contribution is 2.18. The number of carbonyl (C=O) groups excluding carboxylic acids is 1. The van der Waals surface area contributed by atoms with E-state index in [1.54, 1.807) is 7.11 Å². The van der Waals surface area contributed by atoms with Gasteiger partial charge in [0.2, 0.25) is 5.91 Å². The number of likely N-dealkylation sites (tertiary alicyclic amines) is 1. The number of amides is 1. The number of para-hydroxylation sites is 1. The van der Waals surface area contributed by atoms with E-state index in [9.17, 15) is 4.79 Å². The zero-order chi connectivity index (χ0) is 19.5. The lowest BCUT2D eigenvalue weighted by Crippen LogP contribution is -2.42. The number of piperidine rings is 1. The molecule has 1 amide bonds. The Morgan fingerprint density at radius 1 is 1.29 bits per heavy atom. The predicted molar refractivity (Wildman–Crippen MR) is 126 cm³/mol. The van der Waals surface area contributed by atoms with E-state index in [1.807, 2.05) is 30.0 Å². The molecule has 6 nitrogen and oxygen atoms in total. The second kappa shape index (κ2) is 13.6. The normalized spacial score (nSPS) is 16.9. The van der Waals surface area contributed by atoms with Crippen molar-refractivity contribution in [3.63, 3.8) is 0 Å². The Morgan fingerprint density at radius 2 is 2.07 bits per heavy atom. The summed E-state index contributed by atoms with van der Waals surface area (Å²) in [5, 5.41) is 6.58. The van der Waals surface area contributed by atoms with Crippen LogP contribution in [0.2, 0.25) is 0 Å². The highest BCUT2D eigenvalue weighted by atomic mass is 127. The minimum atomic E-state index is 0. The number of ether oxygens (including phenoxy) is 1. The van der Waals surface area contributed by atoms with E-state index < -0.39 is 0 Å². The summed E-state index contributed by atoms with van der Waals surface area (Å²) in [6.45, 7) is 7.12. The zero-order valence-electron chi connectivity index (χ0n) is 17.4. The largest absolute Gasteiger partial charge is 0.496 e. The molecule has 158 valence electrons. The number of nitrogens with one attached hydrogen (secondary N) is 2. The molecule has 0 aliphatic carbocycles. The SMILES string of the molecule is CCNC(=NCCC(=O)N1CCCCC1C)NCCc1ccccc1OC.I. The third kappa shape index (κ3) is 7.85. The average Bonchev–Trinajstić information content (AvgIpc) is 2.68. The van der Waals surface area contributed by atoms with Gasteiger partial charge in [-0.1, -0.05) is 18.2 Å². The van der Waals surface area contributed by atoms with E-state index in [2.05, 4.69) is 28.6 Å². The van der Waals surface area contributed by atoms with Gasteiger partial charge in [0.15, 0.2) is 5.96 Å². The average molecular weight is 502 g/mol. The van der Waals surface area contributed by atoms with Crippen LogP contribution in [0.5, 0.6) is 5.75 Å². The van der Waals surface area contributed by atoms with E-state index in [0.29, 0.717) is 19.0 Å². The quantitative estimate of drug-likeness (QED) is 0.326. The van der Waals surface area contributed by atoms with E-state index in [4.69, 9.17) is 4.74 Å². The van der Waals surface area contributed by atoms with E-state index in [0.717, 1.165) is 56.2 Å². The van der Waals surface area contributed by atoms with Crippen molar-refractivity contribution in [3.05, 3.63) is 29.8 Å². The van der Waals surface area contributed by atoms with Crippen molar-refractivity contribution in [2.24, 2.45) is 4.99 Å². The molecule has 2 N–H and O–H groups in total. The first-order valence-corrected chi connectivity index (χ1v) is 10.1. The molecule has 1 aliphatic rings. The second-order valence-electron chi connectivity index (χ2n) is 6.93. The van der Waals surface area contributed by atoms with Gasteiger partial charge in [0, 0.05) is 32.1 Å². The highest BCUT2D eigenvalue weighted by Gasteiger charge is 2.22. The number of benzene rings is 1. The first-order chi connectivity index (χ1) is 13.2. The summed E-state index contributed by atoms with van der Waals surface area (Å²) in [5.74, 6) is 1.88. The molecular formula is C21H35IN4O2. The molecular weight excluding hydrogens is 467 g/mol. The number of hydrogen-bond acceptors (Lipinski definition) is 3. The molecule has 7 heteroatoms. The summed E-state index contributed by atoms with van der Waals surface area (Å²) in [6, 6.07) is 8.40. The Hall–Kier alpha value is -1.51. The monoisotopic (exact) mass is 502 g/mol. The summed E-state index contributed by atoms with van der Waals surface area (Å²) in [5.41, 5.74) is 1.16. The van der Waals surface area contributed by atoms with Crippen LogP contribution < -0.4 is 15.4 Å². The van der Waals surface area contributed by atoms with Crippen LogP contribution in [-0.2, 0) is 11.2 Å². The maximum Gasteiger partial charge on any atom is 0.224 e. The van der Waals surface area contributed by atoms with Crippen molar-refractivity contribution in [2.75, 3.05) is 33.3 Å². The summed E-state index contributed by atoms with van der Waals surface area (Å²) in [4.78, 5) is 19.0. The van der Waals surface area contributed by atoms with Crippen molar-refractivity contribution in [3.8, 4) is 5.75 Å². The predicted octanol–water partition coefficient (Wildman–Crippen LogP) is 3.20. The van der Waals surface area contributed by atoms with Crippen molar-refractivity contribution < 1.29 is 9.53 Å². The van der Waals surface area contributed by atoms with Crippen LogP contribution in [0.3, 0.4) is 0 Å². The molecule has 0 radical (unpaired) electrons. The minimum Gasteiger partial charge on any atom is -0.496 e. The first kappa shape index (κ1) is 24.5. The van der Waals surface area contributed by atoms with Crippen LogP contribution in [0.15, 0.2) is 29.3 Å². The fourth-order valence-corrected chi connectivity index (χ4v) is 3.44. The van der Waals surface area contributed by atoms with Gasteiger partial charge in [0.1, 0.15) is 5.75 Å². The molecule has 2 rings (SSSR count). The number of hydrogen-bond donors (Lipinski definition) is 2. The molecule has 1 heterocycles. The minimum absolute atomic E-state index is 0. The van der Waals surface area contributed by atoms with Crippen molar-refractivity contribution in [1.29, 1.82) is 0 Å². The number of nitrogens with zero attached hydrogens (tertiary/aromatic N) is 2. The van der Waals surface area contributed by atoms with Gasteiger partial charge in [-0.25, -0.2) is 0 Å². The van der Waals surface area contributed by atoms with Crippen LogP contribution >= 0.6 is 24.0 Å². The lowest BCUT2D eigenvalue weighted by atomic mass is 10.0. The van der Waals surface area contributed by atoms with Gasteiger partial charge in [-0.15, -0.1) is 24.0 Å². The Kier molecular flexibility index (Phi) is 11.9. The standard InChI is InChI=1S/C21H34N4O2.HI/c1-4-22-21(23-14-12-18-10-5-6-11-19(18)27-3)24-15-13-20(26)25-16-8-7-9-17(25)2;/h5-6,10-11,17H,4,7-9,12-16H2,1-3H3,(H2,22,23,24);1H. The Labute approximate surface area is 186 Å². The third-order valence-corrected chi connectivity index (χ3v) is 4.94. The molecule has 1 unspecified atom stereocenters. The lowest BCUT2D eigenvalue weighted by Gasteiger charge is -2.33. The molecule has 1 fully saturated rings. The molecule has 28 heavy (non-hydrogen) atoms. The van der Waals surface area contributed by atoms with Crippen LogP contribution in [0, 0.1) is 0 Å². The Balaban J connectivity index is 0.00000392. The van der Waals surface area contributed by atoms with Gasteiger partial charge in [-0.3, -0.25) is 9.79 Å². The zero-order valence-corrected chi connectivity index (χ0v) is 19.7. The second-order valence-corrected chi connectivity index (χ2v) is 6.93. The highest BCUT2D eigenvalue weighted by molar-refractivity contribution is 14.0.